The van der Waals surface area contributed by atoms with Crippen LogP contribution in [0.4, 0.5) is 4.39 Å². The Balaban J connectivity index is 0.00000132. The molecule has 4 rings (SSSR count). The molecule has 4 aromatic rings. The molecule has 0 bridgehead atoms. The van der Waals surface area contributed by atoms with E-state index in [9.17, 15) is 9.18 Å². The number of nitrogens with zero attached hydrogens (tertiary/aromatic N) is 3. The predicted molar refractivity (Wildman–Crippen MR) is 117 cm³/mol. The molecule has 1 N–H and O–H groups in total. The van der Waals surface area contributed by atoms with Crippen LogP contribution in [0, 0.1) is 25.1 Å². The van der Waals surface area contributed by atoms with Gasteiger partial charge in [0.25, 0.3) is 0 Å². The minimum Gasteiger partial charge on any atom is -0.434 e. The van der Waals surface area contributed by atoms with E-state index in [0.717, 1.165) is 5.69 Å². The van der Waals surface area contributed by atoms with Crippen molar-refractivity contribution in [3.63, 3.8) is 0 Å². The lowest BCUT2D eigenvalue weighted by Gasteiger charge is -2.15. The zero-order chi connectivity index (χ0) is 22.9. The lowest BCUT2D eigenvalue weighted by Crippen LogP contribution is -2.25. The van der Waals surface area contributed by atoms with Gasteiger partial charge in [0.2, 0.25) is 5.88 Å². The van der Waals surface area contributed by atoms with Gasteiger partial charge in [0.05, 0.1) is 11.6 Å². The molecule has 0 saturated carbocycles. The average Bonchev–Trinajstić information content (AvgIpc) is 3.25. The van der Waals surface area contributed by atoms with Crippen molar-refractivity contribution in [1.82, 2.24) is 19.6 Å². The van der Waals surface area contributed by atoms with E-state index in [2.05, 4.69) is 15.1 Å². The summed E-state index contributed by atoms with van der Waals surface area (Å²) in [6.07, 6.45) is 2.88. The van der Waals surface area contributed by atoms with Crippen molar-refractivity contribution >= 4 is 22.4 Å². The number of halogens is 1. The van der Waals surface area contributed by atoms with E-state index in [1.165, 1.54) is 10.8 Å². The lowest BCUT2D eigenvalue weighted by atomic mass is 9.97. The zero-order valence-electron chi connectivity index (χ0n) is 18.8. The molecule has 0 fully saturated rings. The van der Waals surface area contributed by atoms with Gasteiger partial charge < -0.3 is 14.5 Å². The zero-order valence-corrected chi connectivity index (χ0v) is 18.8. The van der Waals surface area contributed by atoms with Crippen molar-refractivity contribution in [3.05, 3.63) is 47.8 Å². The maximum absolute atomic E-state index is 14.9. The summed E-state index contributed by atoms with van der Waals surface area (Å²) in [6.45, 7) is 13.0. The van der Waals surface area contributed by atoms with E-state index in [-0.39, 0.29) is 17.6 Å². The number of carbonyl (C=O) groups excluding carboxylic acids is 1. The van der Waals surface area contributed by atoms with Crippen molar-refractivity contribution in [3.8, 4) is 17.4 Å². The van der Waals surface area contributed by atoms with Crippen molar-refractivity contribution in [2.75, 3.05) is 0 Å². The summed E-state index contributed by atoms with van der Waals surface area (Å²) in [5, 5.41) is 4.59. The molecule has 0 amide bonds. The van der Waals surface area contributed by atoms with Gasteiger partial charge in [0.1, 0.15) is 11.8 Å². The van der Waals surface area contributed by atoms with E-state index in [0.29, 0.717) is 27.7 Å². The van der Waals surface area contributed by atoms with Crippen molar-refractivity contribution in [2.45, 2.75) is 48.5 Å². The number of nitrogens with one attached hydrogen (secondary N) is 1. The highest BCUT2D eigenvalue weighted by molar-refractivity contribution is 5.83. The summed E-state index contributed by atoms with van der Waals surface area (Å²) in [6, 6.07) is 5.02. The summed E-state index contributed by atoms with van der Waals surface area (Å²) in [4.78, 5) is 19.5. The highest BCUT2D eigenvalue weighted by Gasteiger charge is 2.26. The molecule has 3 heterocycles. The van der Waals surface area contributed by atoms with E-state index >= 15 is 0 Å². The van der Waals surface area contributed by atoms with Gasteiger partial charge in [-0.3, -0.25) is 4.79 Å². The standard InChI is InChI=1S/C21H21FN4O3.C2H6/c1-11-8-13-14(25-11)6-7-15(17(13)22)28-19-18-12(2)16(9-26(18)24-10-23-19)29-20(27)21(3,4)5;1-2/h6-10,25H,1-5H3;1-2H3. The van der Waals surface area contributed by atoms with E-state index < -0.39 is 11.2 Å². The van der Waals surface area contributed by atoms with Gasteiger partial charge in [0.15, 0.2) is 17.3 Å². The van der Waals surface area contributed by atoms with E-state index in [1.807, 2.05) is 20.8 Å². The van der Waals surface area contributed by atoms with Crippen molar-refractivity contribution in [2.24, 2.45) is 5.41 Å². The Hall–Kier alpha value is -3.42. The highest BCUT2D eigenvalue weighted by Crippen LogP contribution is 2.35. The van der Waals surface area contributed by atoms with Crippen LogP contribution in [0.3, 0.4) is 0 Å². The van der Waals surface area contributed by atoms with Gasteiger partial charge in [-0.25, -0.2) is 8.91 Å². The first kappa shape index (κ1) is 22.3. The van der Waals surface area contributed by atoms with Gasteiger partial charge in [-0.15, -0.1) is 0 Å². The number of aromatic nitrogens is 4. The largest absolute Gasteiger partial charge is 0.434 e. The number of hydrogen-bond acceptors (Lipinski definition) is 5. The van der Waals surface area contributed by atoms with Crippen LogP contribution in [0.2, 0.25) is 0 Å². The molecule has 0 unspecified atom stereocenters. The second-order valence-electron chi connectivity index (χ2n) is 8.01. The van der Waals surface area contributed by atoms with Crippen molar-refractivity contribution < 1.29 is 18.7 Å². The number of esters is 1. The van der Waals surface area contributed by atoms with Gasteiger partial charge in [-0.2, -0.15) is 10.1 Å². The van der Waals surface area contributed by atoms with Crippen molar-refractivity contribution in [1.29, 1.82) is 0 Å². The number of H-pyrrole nitrogens is 1. The number of carbonyl (C=O) groups is 1. The highest BCUT2D eigenvalue weighted by atomic mass is 19.1. The number of rotatable bonds is 3. The fraction of sp³-hybridized carbons (Fsp3) is 0.348. The first-order valence-corrected chi connectivity index (χ1v) is 10.2. The molecule has 1 aromatic carbocycles. The van der Waals surface area contributed by atoms with Crippen LogP contribution in [0.5, 0.6) is 17.4 Å². The fourth-order valence-corrected chi connectivity index (χ4v) is 3.01. The minimum absolute atomic E-state index is 0.0472. The quantitative estimate of drug-likeness (QED) is 0.423. The Labute approximate surface area is 180 Å². The summed E-state index contributed by atoms with van der Waals surface area (Å²) in [5.41, 5.74) is 2.01. The maximum atomic E-state index is 14.9. The van der Waals surface area contributed by atoms with E-state index in [1.54, 1.807) is 52.1 Å². The van der Waals surface area contributed by atoms with Gasteiger partial charge in [-0.05, 0) is 52.8 Å². The third-order valence-electron chi connectivity index (χ3n) is 4.61. The molecule has 3 aromatic heterocycles. The maximum Gasteiger partial charge on any atom is 0.316 e. The molecule has 0 spiro atoms. The van der Waals surface area contributed by atoms with Crippen LogP contribution in [0.15, 0.2) is 30.7 Å². The molecule has 0 atom stereocenters. The summed E-state index contributed by atoms with van der Waals surface area (Å²) in [5.74, 6) is -0.280. The first-order valence-electron chi connectivity index (χ1n) is 10.2. The topological polar surface area (TPSA) is 81.5 Å². The predicted octanol–water partition coefficient (Wildman–Crippen LogP) is 5.74. The Morgan fingerprint density at radius 1 is 1.16 bits per heavy atom. The number of aromatic amines is 1. The molecule has 164 valence electrons. The SMILES string of the molecule is CC.Cc1cc2c(F)c(Oc3ncnn4cc(OC(=O)C(C)(C)C)c(C)c34)ccc2[nH]1. The third-order valence-corrected chi connectivity index (χ3v) is 4.61. The summed E-state index contributed by atoms with van der Waals surface area (Å²) < 4.78 is 27.7. The molecule has 0 saturated heterocycles. The molecule has 8 heteroatoms. The number of hydrogen-bond donors (Lipinski definition) is 1. The van der Waals surface area contributed by atoms with Crippen LogP contribution in [-0.2, 0) is 4.79 Å². The fourth-order valence-electron chi connectivity index (χ4n) is 3.01. The number of benzene rings is 1. The number of ether oxygens (including phenoxy) is 2. The molecule has 0 radical (unpaired) electrons. The van der Waals surface area contributed by atoms with Crippen LogP contribution < -0.4 is 9.47 Å². The molecule has 0 aliphatic heterocycles. The second kappa shape index (κ2) is 8.37. The Morgan fingerprint density at radius 2 is 1.87 bits per heavy atom. The Kier molecular flexibility index (Phi) is 6.01. The number of fused-ring (bicyclic) bond motifs is 2. The molecule has 7 nitrogen and oxygen atoms in total. The smallest absolute Gasteiger partial charge is 0.316 e. The van der Waals surface area contributed by atoms with Crippen LogP contribution in [0.1, 0.15) is 45.9 Å². The normalized spacial score (nSPS) is 11.4. The van der Waals surface area contributed by atoms with Crippen LogP contribution in [-0.4, -0.2) is 25.6 Å². The third kappa shape index (κ3) is 4.23. The average molecular weight is 426 g/mol. The van der Waals surface area contributed by atoms with Gasteiger partial charge in [0, 0.05) is 22.2 Å². The summed E-state index contributed by atoms with van der Waals surface area (Å²) in [7, 11) is 0. The van der Waals surface area contributed by atoms with Crippen LogP contribution >= 0.6 is 0 Å². The van der Waals surface area contributed by atoms with Crippen LogP contribution in [0.25, 0.3) is 16.4 Å². The second-order valence-corrected chi connectivity index (χ2v) is 8.01. The summed E-state index contributed by atoms with van der Waals surface area (Å²) >= 11 is 0. The molecular weight excluding hydrogens is 399 g/mol. The lowest BCUT2D eigenvalue weighted by molar-refractivity contribution is -0.143. The molecule has 0 aliphatic carbocycles. The molecular formula is C23H27FN4O3. The monoisotopic (exact) mass is 426 g/mol. The number of aryl methyl sites for hydroxylation is 2. The van der Waals surface area contributed by atoms with E-state index in [4.69, 9.17) is 9.47 Å². The molecule has 0 aliphatic rings. The van der Waals surface area contributed by atoms with Gasteiger partial charge >= 0.3 is 5.97 Å². The molecule has 31 heavy (non-hydrogen) atoms. The first-order chi connectivity index (χ1) is 14.6. The Morgan fingerprint density at radius 3 is 2.55 bits per heavy atom. The van der Waals surface area contributed by atoms with Gasteiger partial charge in [-0.1, -0.05) is 13.8 Å². The Bertz CT molecular complexity index is 1250. The minimum atomic E-state index is -0.654.